The second-order valence-electron chi connectivity index (χ2n) is 4.20. The van der Waals surface area contributed by atoms with Gasteiger partial charge >= 0.3 is 0 Å². The van der Waals surface area contributed by atoms with Crippen molar-refractivity contribution < 1.29 is 5.11 Å². The Morgan fingerprint density at radius 2 is 2.06 bits per heavy atom. The van der Waals surface area contributed by atoms with Crippen molar-refractivity contribution in [1.82, 2.24) is 9.78 Å². The maximum absolute atomic E-state index is 9.67. The van der Waals surface area contributed by atoms with Crippen molar-refractivity contribution in [1.29, 1.82) is 0 Å². The third-order valence-corrected chi connectivity index (χ3v) is 2.90. The molecule has 0 fully saturated rings. The largest absolute Gasteiger partial charge is 0.388 e. The fourth-order valence-corrected chi connectivity index (χ4v) is 1.80. The van der Waals surface area contributed by atoms with Gasteiger partial charge in [0.15, 0.2) is 0 Å². The number of nitrogens with zero attached hydrogens (tertiary/aromatic N) is 2. The summed E-state index contributed by atoms with van der Waals surface area (Å²) in [5, 5.41) is 13.9. The number of aliphatic hydroxyl groups excluding tert-OH is 1. The molecule has 1 atom stereocenters. The van der Waals surface area contributed by atoms with Crippen LogP contribution in [0.2, 0.25) is 0 Å². The zero-order valence-electron chi connectivity index (χ0n) is 10.1. The second-order valence-corrected chi connectivity index (χ2v) is 4.20. The highest BCUT2D eigenvalue weighted by Gasteiger charge is 2.07. The number of rotatable bonds is 5. The van der Waals surface area contributed by atoms with Gasteiger partial charge in [-0.2, -0.15) is 5.10 Å². The Morgan fingerprint density at radius 3 is 2.76 bits per heavy atom. The Balaban J connectivity index is 1.94. The van der Waals surface area contributed by atoms with Gasteiger partial charge in [-0.25, -0.2) is 0 Å². The summed E-state index contributed by atoms with van der Waals surface area (Å²) in [4.78, 5) is 0. The highest BCUT2D eigenvalue weighted by molar-refractivity contribution is 5.15. The SMILES string of the molecule is CCC(O)c1cnn(CCc2ccccc2)c1. The lowest BCUT2D eigenvalue weighted by atomic mass is 10.1. The molecule has 90 valence electrons. The van der Waals surface area contributed by atoms with Gasteiger partial charge in [-0.3, -0.25) is 4.68 Å². The van der Waals surface area contributed by atoms with Gasteiger partial charge in [0.1, 0.15) is 0 Å². The zero-order valence-corrected chi connectivity index (χ0v) is 10.1. The van der Waals surface area contributed by atoms with Gasteiger partial charge in [0.05, 0.1) is 12.3 Å². The molecular weight excluding hydrogens is 212 g/mol. The van der Waals surface area contributed by atoms with Crippen LogP contribution in [0.25, 0.3) is 0 Å². The Bertz CT molecular complexity index is 450. The molecule has 0 saturated carbocycles. The van der Waals surface area contributed by atoms with Crippen molar-refractivity contribution in [3.63, 3.8) is 0 Å². The molecule has 0 aliphatic heterocycles. The fourth-order valence-electron chi connectivity index (χ4n) is 1.80. The minimum absolute atomic E-state index is 0.388. The molecule has 0 aliphatic carbocycles. The summed E-state index contributed by atoms with van der Waals surface area (Å²) in [6.07, 6.45) is 4.98. The van der Waals surface area contributed by atoms with Crippen LogP contribution in [0.15, 0.2) is 42.7 Å². The van der Waals surface area contributed by atoms with Crippen LogP contribution in [0.1, 0.15) is 30.6 Å². The van der Waals surface area contributed by atoms with E-state index in [9.17, 15) is 5.11 Å². The lowest BCUT2D eigenvalue weighted by Crippen LogP contribution is -2.01. The molecule has 17 heavy (non-hydrogen) atoms. The number of aryl methyl sites for hydroxylation is 2. The summed E-state index contributed by atoms with van der Waals surface area (Å²) in [7, 11) is 0. The van der Waals surface area contributed by atoms with Gasteiger partial charge in [0.2, 0.25) is 0 Å². The summed E-state index contributed by atoms with van der Waals surface area (Å²) >= 11 is 0. The van der Waals surface area contributed by atoms with Gasteiger partial charge in [-0.1, -0.05) is 37.3 Å². The van der Waals surface area contributed by atoms with E-state index in [0.717, 1.165) is 24.9 Å². The molecule has 1 aromatic carbocycles. The van der Waals surface area contributed by atoms with Crippen molar-refractivity contribution in [3.8, 4) is 0 Å². The topological polar surface area (TPSA) is 38.1 Å². The average molecular weight is 230 g/mol. The Kier molecular flexibility index (Phi) is 3.94. The van der Waals surface area contributed by atoms with E-state index in [2.05, 4.69) is 17.2 Å². The van der Waals surface area contributed by atoms with E-state index in [0.29, 0.717) is 0 Å². The van der Waals surface area contributed by atoms with Crippen LogP contribution < -0.4 is 0 Å². The molecule has 2 aromatic rings. The van der Waals surface area contributed by atoms with E-state index in [-0.39, 0.29) is 6.10 Å². The van der Waals surface area contributed by atoms with Gasteiger partial charge in [-0.15, -0.1) is 0 Å². The third-order valence-electron chi connectivity index (χ3n) is 2.90. The molecule has 0 aliphatic rings. The van der Waals surface area contributed by atoms with Crippen LogP contribution in [0.4, 0.5) is 0 Å². The summed E-state index contributed by atoms with van der Waals surface area (Å²) < 4.78 is 1.89. The smallest absolute Gasteiger partial charge is 0.0817 e. The number of hydrogen-bond acceptors (Lipinski definition) is 2. The molecule has 1 unspecified atom stereocenters. The zero-order chi connectivity index (χ0) is 12.1. The predicted octanol–water partition coefficient (Wildman–Crippen LogP) is 2.57. The molecule has 1 aromatic heterocycles. The first kappa shape index (κ1) is 11.9. The van der Waals surface area contributed by atoms with Crippen molar-refractivity contribution in [3.05, 3.63) is 53.9 Å². The number of aliphatic hydroxyl groups is 1. The molecule has 1 heterocycles. The van der Waals surface area contributed by atoms with E-state index < -0.39 is 0 Å². The minimum Gasteiger partial charge on any atom is -0.388 e. The summed E-state index contributed by atoms with van der Waals surface area (Å²) in [6, 6.07) is 10.3. The van der Waals surface area contributed by atoms with Crippen LogP contribution in [-0.2, 0) is 13.0 Å². The standard InChI is InChI=1S/C14H18N2O/c1-2-14(17)13-10-15-16(11-13)9-8-12-6-4-3-5-7-12/h3-7,10-11,14,17H,2,8-9H2,1H3. The van der Waals surface area contributed by atoms with Crippen LogP contribution in [0.5, 0.6) is 0 Å². The van der Waals surface area contributed by atoms with Crippen LogP contribution >= 0.6 is 0 Å². The number of aromatic nitrogens is 2. The van der Waals surface area contributed by atoms with E-state index >= 15 is 0 Å². The monoisotopic (exact) mass is 230 g/mol. The van der Waals surface area contributed by atoms with Gasteiger partial charge in [-0.05, 0) is 18.4 Å². The Morgan fingerprint density at radius 1 is 1.29 bits per heavy atom. The predicted molar refractivity (Wildman–Crippen MR) is 67.6 cm³/mol. The Labute approximate surface area is 102 Å². The quantitative estimate of drug-likeness (QED) is 0.857. The maximum atomic E-state index is 9.67. The van der Waals surface area contributed by atoms with E-state index in [1.54, 1.807) is 6.20 Å². The molecule has 0 radical (unpaired) electrons. The van der Waals surface area contributed by atoms with Crippen molar-refractivity contribution in [2.75, 3.05) is 0 Å². The van der Waals surface area contributed by atoms with Crippen LogP contribution in [0, 0.1) is 0 Å². The molecule has 0 spiro atoms. The lowest BCUT2D eigenvalue weighted by molar-refractivity contribution is 0.173. The molecule has 0 bridgehead atoms. The number of benzene rings is 1. The summed E-state index contributed by atoms with van der Waals surface area (Å²) in [5.41, 5.74) is 2.21. The van der Waals surface area contributed by atoms with E-state index in [4.69, 9.17) is 0 Å². The highest BCUT2D eigenvalue weighted by Crippen LogP contribution is 2.14. The first-order valence-corrected chi connectivity index (χ1v) is 6.04. The Hall–Kier alpha value is -1.61. The summed E-state index contributed by atoms with van der Waals surface area (Å²) in [6.45, 7) is 2.81. The van der Waals surface area contributed by atoms with Crippen molar-refractivity contribution in [2.24, 2.45) is 0 Å². The molecular formula is C14H18N2O. The molecule has 2 rings (SSSR count). The first-order valence-electron chi connectivity index (χ1n) is 6.04. The normalized spacial score (nSPS) is 12.6. The van der Waals surface area contributed by atoms with E-state index in [1.165, 1.54) is 5.56 Å². The molecule has 1 N–H and O–H groups in total. The van der Waals surface area contributed by atoms with E-state index in [1.807, 2.05) is 36.0 Å². The van der Waals surface area contributed by atoms with Crippen LogP contribution in [-0.4, -0.2) is 14.9 Å². The molecule has 0 saturated heterocycles. The average Bonchev–Trinajstić information content (AvgIpc) is 2.85. The molecule has 3 heteroatoms. The fraction of sp³-hybridized carbons (Fsp3) is 0.357. The molecule has 3 nitrogen and oxygen atoms in total. The lowest BCUT2D eigenvalue weighted by Gasteiger charge is -2.03. The first-order chi connectivity index (χ1) is 8.29. The van der Waals surface area contributed by atoms with Gasteiger partial charge < -0.3 is 5.11 Å². The molecule has 0 amide bonds. The third kappa shape index (κ3) is 3.17. The van der Waals surface area contributed by atoms with Crippen molar-refractivity contribution >= 4 is 0 Å². The van der Waals surface area contributed by atoms with Gasteiger partial charge in [0, 0.05) is 18.3 Å². The minimum atomic E-state index is -0.388. The highest BCUT2D eigenvalue weighted by atomic mass is 16.3. The number of hydrogen-bond donors (Lipinski definition) is 1. The second kappa shape index (κ2) is 5.64. The summed E-state index contributed by atoms with van der Waals surface area (Å²) in [5.74, 6) is 0. The maximum Gasteiger partial charge on any atom is 0.0817 e. The van der Waals surface area contributed by atoms with Crippen molar-refractivity contribution in [2.45, 2.75) is 32.4 Å². The van der Waals surface area contributed by atoms with Gasteiger partial charge in [0.25, 0.3) is 0 Å². The van der Waals surface area contributed by atoms with Crippen LogP contribution in [0.3, 0.4) is 0 Å².